The summed E-state index contributed by atoms with van der Waals surface area (Å²) in [4.78, 5) is 27.6. The number of likely N-dealkylation sites (tertiary alicyclic amines) is 1. The van der Waals surface area contributed by atoms with Crippen molar-refractivity contribution in [1.82, 2.24) is 10.2 Å². The molecule has 1 N–H and O–H groups in total. The minimum absolute atomic E-state index is 0.0118. The third-order valence-electron chi connectivity index (χ3n) is 6.83. The number of methoxy groups -OCH3 is 1. The number of benzene rings is 2. The number of hydrogen-bond acceptors (Lipinski definition) is 4. The lowest BCUT2D eigenvalue weighted by Crippen LogP contribution is -2.42. The van der Waals surface area contributed by atoms with Crippen LogP contribution in [0.5, 0.6) is 11.5 Å². The Morgan fingerprint density at radius 3 is 2.34 bits per heavy atom. The largest absolute Gasteiger partial charge is 0.497 e. The summed E-state index contributed by atoms with van der Waals surface area (Å²) >= 11 is 0. The quantitative estimate of drug-likeness (QED) is 0.718. The molecule has 6 nitrogen and oxygen atoms in total. The van der Waals surface area contributed by atoms with E-state index in [4.69, 9.17) is 9.47 Å². The van der Waals surface area contributed by atoms with Gasteiger partial charge in [-0.05, 0) is 49.4 Å². The molecule has 6 heteroatoms. The van der Waals surface area contributed by atoms with E-state index in [1.54, 1.807) is 13.2 Å². The van der Waals surface area contributed by atoms with Gasteiger partial charge in [-0.15, -0.1) is 0 Å². The lowest BCUT2D eigenvalue weighted by atomic mass is 10.0. The van der Waals surface area contributed by atoms with Crippen molar-refractivity contribution >= 4 is 11.8 Å². The Morgan fingerprint density at radius 2 is 1.72 bits per heavy atom. The van der Waals surface area contributed by atoms with Gasteiger partial charge in [0, 0.05) is 31.8 Å². The number of hydrogen-bond donors (Lipinski definition) is 1. The van der Waals surface area contributed by atoms with Crippen LogP contribution >= 0.6 is 0 Å². The molecule has 2 aromatic carbocycles. The zero-order chi connectivity index (χ0) is 22.1. The van der Waals surface area contributed by atoms with Crippen LogP contribution in [0.2, 0.25) is 0 Å². The third kappa shape index (κ3) is 4.31. The van der Waals surface area contributed by atoms with E-state index in [0.717, 1.165) is 57.2 Å². The molecule has 2 aliphatic carbocycles. The number of nitrogens with one attached hydrogen (secondary N) is 1. The fraction of sp³-hybridized carbons (Fsp3) is 0.462. The molecule has 0 atom stereocenters. The van der Waals surface area contributed by atoms with Crippen LogP contribution in [0.3, 0.4) is 0 Å². The molecule has 3 fully saturated rings. The number of nitrogens with zero attached hydrogens (tertiary/aromatic N) is 1. The highest BCUT2D eigenvalue weighted by Gasteiger charge is 2.46. The zero-order valence-corrected chi connectivity index (χ0v) is 18.5. The molecule has 0 unspecified atom stereocenters. The van der Waals surface area contributed by atoms with Crippen LogP contribution in [0.15, 0.2) is 48.5 Å². The summed E-state index contributed by atoms with van der Waals surface area (Å²) in [6.45, 7) is 1.43. The van der Waals surface area contributed by atoms with Crippen LogP contribution in [-0.4, -0.2) is 43.0 Å². The second kappa shape index (κ2) is 8.49. The Labute approximate surface area is 188 Å². The van der Waals surface area contributed by atoms with Gasteiger partial charge in [0.2, 0.25) is 5.91 Å². The van der Waals surface area contributed by atoms with Crippen molar-refractivity contribution in [3.8, 4) is 11.5 Å². The average molecular weight is 435 g/mol. The molecule has 0 bridgehead atoms. The van der Waals surface area contributed by atoms with E-state index in [1.165, 1.54) is 0 Å². The molecule has 0 spiro atoms. The van der Waals surface area contributed by atoms with E-state index in [9.17, 15) is 9.59 Å². The molecule has 32 heavy (non-hydrogen) atoms. The molecule has 5 rings (SSSR count). The summed E-state index contributed by atoms with van der Waals surface area (Å²) in [6.07, 6.45) is 5.46. The number of piperidine rings is 1. The molecular weight excluding hydrogens is 404 g/mol. The lowest BCUT2D eigenvalue weighted by Gasteiger charge is -2.32. The van der Waals surface area contributed by atoms with E-state index in [2.05, 4.69) is 17.4 Å². The molecule has 1 aliphatic heterocycles. The number of amides is 2. The summed E-state index contributed by atoms with van der Waals surface area (Å²) < 4.78 is 11.7. The van der Waals surface area contributed by atoms with Gasteiger partial charge in [0.05, 0.1) is 18.2 Å². The van der Waals surface area contributed by atoms with E-state index in [-0.39, 0.29) is 23.5 Å². The average Bonchev–Trinajstić information content (AvgIpc) is 3.75. The first-order valence-corrected chi connectivity index (χ1v) is 11.6. The Kier molecular flexibility index (Phi) is 5.53. The van der Waals surface area contributed by atoms with Gasteiger partial charge in [-0.1, -0.05) is 30.3 Å². The topological polar surface area (TPSA) is 67.9 Å². The summed E-state index contributed by atoms with van der Waals surface area (Å²) in [5.41, 5.74) is 1.32. The predicted octanol–water partition coefficient (Wildman–Crippen LogP) is 3.89. The first kappa shape index (κ1) is 20.9. The second-order valence-electron chi connectivity index (χ2n) is 9.18. The second-order valence-corrected chi connectivity index (χ2v) is 9.18. The van der Waals surface area contributed by atoms with E-state index in [0.29, 0.717) is 23.0 Å². The molecule has 0 radical (unpaired) electrons. The van der Waals surface area contributed by atoms with Gasteiger partial charge in [-0.25, -0.2) is 0 Å². The fourth-order valence-electron chi connectivity index (χ4n) is 4.53. The third-order valence-corrected chi connectivity index (χ3v) is 6.83. The Morgan fingerprint density at radius 1 is 1.00 bits per heavy atom. The number of ether oxygens (including phenoxy) is 2. The Balaban J connectivity index is 1.29. The highest BCUT2D eigenvalue weighted by molar-refractivity contribution is 5.98. The first-order chi connectivity index (χ1) is 15.6. The van der Waals surface area contributed by atoms with E-state index >= 15 is 0 Å². The van der Waals surface area contributed by atoms with Crippen molar-refractivity contribution in [3.63, 3.8) is 0 Å². The van der Waals surface area contributed by atoms with Crippen molar-refractivity contribution in [2.75, 3.05) is 20.2 Å². The fourth-order valence-corrected chi connectivity index (χ4v) is 4.53. The lowest BCUT2D eigenvalue weighted by molar-refractivity contribution is -0.134. The molecule has 2 saturated carbocycles. The maximum absolute atomic E-state index is 13.3. The summed E-state index contributed by atoms with van der Waals surface area (Å²) in [5.74, 6) is 1.59. The van der Waals surface area contributed by atoms with Crippen molar-refractivity contribution in [2.45, 2.75) is 50.2 Å². The summed E-state index contributed by atoms with van der Waals surface area (Å²) in [6, 6.07) is 15.5. The molecule has 2 aromatic rings. The first-order valence-electron chi connectivity index (χ1n) is 11.6. The van der Waals surface area contributed by atoms with Crippen molar-refractivity contribution in [2.24, 2.45) is 5.92 Å². The molecular formula is C26H30N2O4. The highest BCUT2D eigenvalue weighted by Crippen LogP contribution is 2.46. The van der Waals surface area contributed by atoms with E-state index < -0.39 is 0 Å². The standard InChI is InChI=1S/C26H30N2O4/c1-31-21-9-10-23(32-20-11-15-28(16-12-20)25(30)18-7-8-18)22(17-21)24(29)27-26(13-14-26)19-5-3-2-4-6-19/h2-6,9-10,17-18,20H,7-8,11-16H2,1H3,(H,27,29). The zero-order valence-electron chi connectivity index (χ0n) is 18.5. The van der Waals surface area contributed by atoms with Gasteiger partial charge in [0.15, 0.2) is 0 Å². The maximum Gasteiger partial charge on any atom is 0.255 e. The number of rotatable bonds is 7. The normalized spacial score (nSPS) is 19.8. The molecule has 2 amide bonds. The highest BCUT2D eigenvalue weighted by atomic mass is 16.5. The minimum Gasteiger partial charge on any atom is -0.497 e. The van der Waals surface area contributed by atoms with Gasteiger partial charge in [-0.3, -0.25) is 9.59 Å². The van der Waals surface area contributed by atoms with Gasteiger partial charge in [-0.2, -0.15) is 0 Å². The van der Waals surface area contributed by atoms with Gasteiger partial charge >= 0.3 is 0 Å². The van der Waals surface area contributed by atoms with Gasteiger partial charge in [0.1, 0.15) is 17.6 Å². The maximum atomic E-state index is 13.3. The van der Waals surface area contributed by atoms with Crippen LogP contribution in [0.1, 0.15) is 54.4 Å². The van der Waals surface area contributed by atoms with Crippen molar-refractivity contribution in [3.05, 3.63) is 59.7 Å². The number of carbonyl (C=O) groups excluding carboxylic acids is 2. The summed E-state index contributed by atoms with van der Waals surface area (Å²) in [7, 11) is 1.59. The SMILES string of the molecule is COc1ccc(OC2CCN(C(=O)C3CC3)CC2)c(C(=O)NC2(c3ccccc3)CC2)c1. The molecule has 1 heterocycles. The molecule has 3 aliphatic rings. The van der Waals surface area contributed by atoms with Crippen LogP contribution in [-0.2, 0) is 10.3 Å². The summed E-state index contributed by atoms with van der Waals surface area (Å²) in [5, 5.41) is 3.24. The predicted molar refractivity (Wildman–Crippen MR) is 121 cm³/mol. The molecule has 0 aromatic heterocycles. The van der Waals surface area contributed by atoms with Crippen LogP contribution in [0, 0.1) is 5.92 Å². The van der Waals surface area contributed by atoms with Crippen LogP contribution in [0.4, 0.5) is 0 Å². The monoisotopic (exact) mass is 434 g/mol. The van der Waals surface area contributed by atoms with E-state index in [1.807, 2.05) is 35.2 Å². The Bertz CT molecular complexity index is 990. The van der Waals surface area contributed by atoms with Gasteiger partial charge in [0.25, 0.3) is 5.91 Å². The Hall–Kier alpha value is -3.02. The van der Waals surface area contributed by atoms with Crippen molar-refractivity contribution in [1.29, 1.82) is 0 Å². The van der Waals surface area contributed by atoms with Crippen LogP contribution < -0.4 is 14.8 Å². The molecule has 168 valence electrons. The van der Waals surface area contributed by atoms with Gasteiger partial charge < -0.3 is 19.7 Å². The molecule has 1 saturated heterocycles. The van der Waals surface area contributed by atoms with Crippen molar-refractivity contribution < 1.29 is 19.1 Å². The van der Waals surface area contributed by atoms with Crippen LogP contribution in [0.25, 0.3) is 0 Å². The smallest absolute Gasteiger partial charge is 0.255 e. The minimum atomic E-state index is -0.298. The number of carbonyl (C=O) groups is 2.